The van der Waals surface area contributed by atoms with Gasteiger partial charge in [-0.2, -0.15) is 0 Å². The van der Waals surface area contributed by atoms with E-state index in [2.05, 4.69) is 13.0 Å². The van der Waals surface area contributed by atoms with Crippen molar-refractivity contribution < 1.29 is 9.90 Å². The van der Waals surface area contributed by atoms with Crippen molar-refractivity contribution in [2.24, 2.45) is 5.92 Å². The Morgan fingerprint density at radius 2 is 2.18 bits per heavy atom. The molecule has 2 aliphatic carbocycles. The third-order valence-corrected chi connectivity index (χ3v) is 4.61. The van der Waals surface area contributed by atoms with Crippen molar-refractivity contribution in [2.45, 2.75) is 44.1 Å². The molecule has 1 fully saturated rings. The van der Waals surface area contributed by atoms with Crippen LogP contribution in [-0.2, 0) is 0 Å². The van der Waals surface area contributed by atoms with E-state index in [-0.39, 0.29) is 11.7 Å². The van der Waals surface area contributed by atoms with Crippen LogP contribution in [0.25, 0.3) is 0 Å². The Hall–Kier alpha value is -1.15. The quantitative estimate of drug-likeness (QED) is 0.805. The molecule has 2 heteroatoms. The van der Waals surface area contributed by atoms with Gasteiger partial charge in [0.1, 0.15) is 5.60 Å². The van der Waals surface area contributed by atoms with Gasteiger partial charge in [0, 0.05) is 11.5 Å². The molecule has 90 valence electrons. The van der Waals surface area contributed by atoms with Gasteiger partial charge >= 0.3 is 0 Å². The molecule has 0 saturated heterocycles. The van der Waals surface area contributed by atoms with Crippen molar-refractivity contribution in [2.75, 3.05) is 0 Å². The topological polar surface area (TPSA) is 37.3 Å². The van der Waals surface area contributed by atoms with Gasteiger partial charge in [-0.3, -0.25) is 4.79 Å². The van der Waals surface area contributed by atoms with Gasteiger partial charge < -0.3 is 5.11 Å². The van der Waals surface area contributed by atoms with Crippen LogP contribution in [0.1, 0.15) is 54.4 Å². The summed E-state index contributed by atoms with van der Waals surface area (Å²) in [6.45, 7) is 2.15. The first kappa shape index (κ1) is 11.0. The molecule has 1 aromatic rings. The molecule has 1 N–H and O–H groups in total. The Labute approximate surface area is 102 Å². The first-order valence-electron chi connectivity index (χ1n) is 6.54. The minimum atomic E-state index is -1.07. The van der Waals surface area contributed by atoms with Gasteiger partial charge in [0.2, 0.25) is 0 Å². The molecule has 0 heterocycles. The van der Waals surface area contributed by atoms with E-state index in [1.165, 1.54) is 0 Å². The van der Waals surface area contributed by atoms with Crippen molar-refractivity contribution in [1.82, 2.24) is 0 Å². The lowest BCUT2D eigenvalue weighted by Crippen LogP contribution is -2.48. The van der Waals surface area contributed by atoms with Gasteiger partial charge in [-0.25, -0.2) is 0 Å². The average Bonchev–Trinajstić information content (AvgIpc) is 2.74. The van der Waals surface area contributed by atoms with Crippen LogP contribution in [0.3, 0.4) is 0 Å². The minimum absolute atomic E-state index is 0.0414. The molecule has 1 aromatic carbocycles. The molecule has 0 spiro atoms. The van der Waals surface area contributed by atoms with Crippen LogP contribution in [0.2, 0.25) is 0 Å². The van der Waals surface area contributed by atoms with Crippen LogP contribution in [0, 0.1) is 5.92 Å². The summed E-state index contributed by atoms with van der Waals surface area (Å²) in [5.74, 6) is 0.437. The number of Topliss-reactive ketones (excluding diaryl/α,β-unsaturated/α-hetero) is 1. The second-order valence-corrected chi connectivity index (χ2v) is 5.35. The van der Waals surface area contributed by atoms with Crippen LogP contribution < -0.4 is 0 Å². The summed E-state index contributed by atoms with van der Waals surface area (Å²) in [6, 6.07) is 7.81. The number of aliphatic hydroxyl groups is 1. The predicted octanol–water partition coefficient (Wildman–Crippen LogP) is 2.91. The first-order valence-corrected chi connectivity index (χ1v) is 6.54. The minimum Gasteiger partial charge on any atom is -0.381 e. The molecule has 0 amide bonds. The van der Waals surface area contributed by atoms with Crippen molar-refractivity contribution in [3.63, 3.8) is 0 Å². The van der Waals surface area contributed by atoms with Crippen LogP contribution in [0.5, 0.6) is 0 Å². The third kappa shape index (κ3) is 1.34. The summed E-state index contributed by atoms with van der Waals surface area (Å²) in [5.41, 5.74) is 0.825. The Morgan fingerprint density at radius 1 is 1.41 bits per heavy atom. The van der Waals surface area contributed by atoms with E-state index in [9.17, 15) is 9.90 Å². The monoisotopic (exact) mass is 230 g/mol. The van der Waals surface area contributed by atoms with Gasteiger partial charge in [0.05, 0.1) is 0 Å². The fourth-order valence-corrected chi connectivity index (χ4v) is 3.81. The number of carbonyl (C=O) groups is 1. The summed E-state index contributed by atoms with van der Waals surface area (Å²) in [4.78, 5) is 12.4. The van der Waals surface area contributed by atoms with E-state index < -0.39 is 5.60 Å². The molecular weight excluding hydrogens is 212 g/mol. The molecule has 0 unspecified atom stereocenters. The van der Waals surface area contributed by atoms with Crippen LogP contribution in [-0.4, -0.2) is 16.5 Å². The molecule has 3 atom stereocenters. The first-order chi connectivity index (χ1) is 8.18. The Balaban J connectivity index is 2.19. The predicted molar refractivity (Wildman–Crippen MR) is 66.1 cm³/mol. The number of carbonyl (C=O) groups excluding carboxylic acids is 1. The summed E-state index contributed by atoms with van der Waals surface area (Å²) < 4.78 is 0. The molecule has 0 aliphatic heterocycles. The molecule has 0 radical (unpaired) electrons. The van der Waals surface area contributed by atoms with Crippen molar-refractivity contribution in [3.8, 4) is 0 Å². The van der Waals surface area contributed by atoms with E-state index in [0.29, 0.717) is 12.3 Å². The van der Waals surface area contributed by atoms with Crippen molar-refractivity contribution in [1.29, 1.82) is 0 Å². The zero-order chi connectivity index (χ0) is 12.0. The number of benzene rings is 1. The van der Waals surface area contributed by atoms with E-state index >= 15 is 0 Å². The molecule has 1 saturated carbocycles. The zero-order valence-electron chi connectivity index (χ0n) is 10.1. The summed E-state index contributed by atoms with van der Waals surface area (Å²) in [7, 11) is 0. The highest BCUT2D eigenvalue weighted by molar-refractivity contribution is 6.05. The second kappa shape index (κ2) is 3.67. The maximum Gasteiger partial charge on any atom is 0.194 e. The van der Waals surface area contributed by atoms with E-state index in [4.69, 9.17) is 0 Å². The van der Waals surface area contributed by atoms with Gasteiger partial charge in [-0.05, 0) is 37.2 Å². The SMILES string of the molecule is CC[C@H]1c2ccccc2C(=O)[C@]2(O)CCC[C@H]12. The Bertz CT molecular complexity index is 466. The number of fused-ring (bicyclic) bond motifs is 2. The van der Waals surface area contributed by atoms with Crippen molar-refractivity contribution >= 4 is 5.78 Å². The van der Waals surface area contributed by atoms with E-state index in [0.717, 1.165) is 30.4 Å². The average molecular weight is 230 g/mol. The molecule has 0 bridgehead atoms. The van der Waals surface area contributed by atoms with Crippen LogP contribution in [0.15, 0.2) is 24.3 Å². The fraction of sp³-hybridized carbons (Fsp3) is 0.533. The highest BCUT2D eigenvalue weighted by Gasteiger charge is 2.54. The van der Waals surface area contributed by atoms with Crippen LogP contribution >= 0.6 is 0 Å². The lowest BCUT2D eigenvalue weighted by molar-refractivity contribution is -0.00128. The highest BCUT2D eigenvalue weighted by Crippen LogP contribution is 2.51. The number of hydrogen-bond acceptors (Lipinski definition) is 2. The number of hydrogen-bond donors (Lipinski definition) is 1. The van der Waals surface area contributed by atoms with E-state index in [1.807, 2.05) is 18.2 Å². The normalized spacial score (nSPS) is 35.5. The lowest BCUT2D eigenvalue weighted by Gasteiger charge is -2.40. The molecule has 17 heavy (non-hydrogen) atoms. The van der Waals surface area contributed by atoms with Gasteiger partial charge in [0.15, 0.2) is 5.78 Å². The van der Waals surface area contributed by atoms with E-state index in [1.54, 1.807) is 0 Å². The molecule has 3 rings (SSSR count). The smallest absolute Gasteiger partial charge is 0.194 e. The standard InChI is InChI=1S/C15H18O2/c1-2-10-11-6-3-4-7-12(11)14(16)15(17)9-5-8-13(10)15/h3-4,6-7,10,13,17H,2,5,8-9H2,1H3/t10-,13+,15-/m0/s1. The number of ketones is 1. The summed E-state index contributed by atoms with van der Waals surface area (Å²) >= 11 is 0. The van der Waals surface area contributed by atoms with Crippen LogP contribution in [0.4, 0.5) is 0 Å². The maximum absolute atomic E-state index is 12.4. The zero-order valence-corrected chi connectivity index (χ0v) is 10.1. The molecular formula is C15H18O2. The van der Waals surface area contributed by atoms with Gasteiger partial charge in [0.25, 0.3) is 0 Å². The fourth-order valence-electron chi connectivity index (χ4n) is 3.81. The number of rotatable bonds is 1. The van der Waals surface area contributed by atoms with Crippen molar-refractivity contribution in [3.05, 3.63) is 35.4 Å². The maximum atomic E-state index is 12.4. The third-order valence-electron chi connectivity index (χ3n) is 4.61. The molecule has 2 nitrogen and oxygen atoms in total. The highest BCUT2D eigenvalue weighted by atomic mass is 16.3. The molecule has 2 aliphatic rings. The summed E-state index contributed by atoms with van der Waals surface area (Å²) in [6.07, 6.45) is 3.59. The second-order valence-electron chi connectivity index (χ2n) is 5.35. The Morgan fingerprint density at radius 3 is 2.94 bits per heavy atom. The van der Waals surface area contributed by atoms with Gasteiger partial charge in [-0.15, -0.1) is 0 Å². The molecule has 0 aromatic heterocycles. The summed E-state index contributed by atoms with van der Waals surface area (Å²) in [5, 5.41) is 10.7. The Kier molecular flexibility index (Phi) is 2.37. The van der Waals surface area contributed by atoms with Gasteiger partial charge in [-0.1, -0.05) is 31.2 Å². The largest absolute Gasteiger partial charge is 0.381 e. The lowest BCUT2D eigenvalue weighted by atomic mass is 9.66.